The minimum atomic E-state index is -4.54. The van der Waals surface area contributed by atoms with Gasteiger partial charge in [-0.2, -0.15) is 18.2 Å². The lowest BCUT2D eigenvalue weighted by atomic mass is 9.98. The molecule has 2 rings (SSSR count). The van der Waals surface area contributed by atoms with Crippen LogP contribution in [0.5, 0.6) is 0 Å². The summed E-state index contributed by atoms with van der Waals surface area (Å²) in [5.74, 6) is 0.428. The highest BCUT2D eigenvalue weighted by Gasteiger charge is 2.33. The van der Waals surface area contributed by atoms with Crippen LogP contribution in [0.25, 0.3) is 0 Å². The quantitative estimate of drug-likeness (QED) is 0.747. The summed E-state index contributed by atoms with van der Waals surface area (Å²) in [6.07, 6.45) is -4.54. The summed E-state index contributed by atoms with van der Waals surface area (Å²) < 4.78 is 39.3. The van der Waals surface area contributed by atoms with Crippen LogP contribution in [0.3, 0.4) is 0 Å². The molecule has 25 heavy (non-hydrogen) atoms. The molecule has 0 spiro atoms. The number of alkyl halides is 3. The van der Waals surface area contributed by atoms with Crippen molar-refractivity contribution in [3.63, 3.8) is 0 Å². The maximum atomic E-state index is 13.1. The number of nitrogens with one attached hydrogen (secondary N) is 2. The van der Waals surface area contributed by atoms with Crippen LogP contribution in [0, 0.1) is 6.92 Å². The second-order valence-electron chi connectivity index (χ2n) is 6.61. The minimum Gasteiger partial charge on any atom is -0.352 e. The lowest BCUT2D eigenvalue weighted by Gasteiger charge is -2.15. The first-order valence-electron chi connectivity index (χ1n) is 8.16. The van der Waals surface area contributed by atoms with Crippen molar-refractivity contribution in [2.75, 3.05) is 10.6 Å². The molecule has 0 saturated heterocycles. The van der Waals surface area contributed by atoms with E-state index < -0.39 is 11.9 Å². The molecule has 0 radical (unpaired) electrons. The number of anilines is 3. The molecule has 0 aliphatic rings. The van der Waals surface area contributed by atoms with Crippen LogP contribution in [0.4, 0.5) is 30.6 Å². The van der Waals surface area contributed by atoms with Gasteiger partial charge in [-0.1, -0.05) is 19.9 Å². The van der Waals surface area contributed by atoms with Gasteiger partial charge in [0.1, 0.15) is 5.82 Å². The Bertz CT molecular complexity index is 740. The summed E-state index contributed by atoms with van der Waals surface area (Å²) >= 11 is 0. The molecule has 0 aliphatic carbocycles. The minimum absolute atomic E-state index is 0.0529. The van der Waals surface area contributed by atoms with Crippen LogP contribution in [0.1, 0.15) is 50.4 Å². The molecule has 2 aromatic rings. The number of aryl methyl sites for hydroxylation is 1. The van der Waals surface area contributed by atoms with E-state index in [0.717, 1.165) is 11.6 Å². The molecule has 0 saturated carbocycles. The van der Waals surface area contributed by atoms with Gasteiger partial charge in [-0.05, 0) is 49.9 Å². The van der Waals surface area contributed by atoms with Gasteiger partial charge >= 0.3 is 6.18 Å². The molecule has 1 heterocycles. The van der Waals surface area contributed by atoms with E-state index in [1.54, 1.807) is 0 Å². The number of benzene rings is 1. The summed E-state index contributed by atoms with van der Waals surface area (Å²) in [7, 11) is 0. The van der Waals surface area contributed by atoms with E-state index in [0.29, 0.717) is 11.6 Å². The summed E-state index contributed by atoms with van der Waals surface area (Å²) in [6.45, 7) is 9.79. The average Bonchev–Trinajstić information content (AvgIpc) is 2.44. The number of hydrogen-bond acceptors (Lipinski definition) is 4. The highest BCUT2D eigenvalue weighted by Crippen LogP contribution is 2.31. The van der Waals surface area contributed by atoms with Crippen molar-refractivity contribution < 1.29 is 13.2 Å². The fourth-order valence-corrected chi connectivity index (χ4v) is 2.53. The summed E-state index contributed by atoms with van der Waals surface area (Å²) in [6, 6.07) is 6.55. The van der Waals surface area contributed by atoms with E-state index in [-0.39, 0.29) is 17.8 Å². The molecule has 136 valence electrons. The van der Waals surface area contributed by atoms with Gasteiger partial charge in [0.05, 0.1) is 0 Å². The molecule has 0 atom stereocenters. The Morgan fingerprint density at radius 2 is 1.68 bits per heavy atom. The Balaban J connectivity index is 2.36. The second kappa shape index (κ2) is 7.29. The van der Waals surface area contributed by atoms with Crippen molar-refractivity contribution in [2.24, 2.45) is 0 Å². The molecule has 7 heteroatoms. The van der Waals surface area contributed by atoms with Crippen molar-refractivity contribution in [3.8, 4) is 0 Å². The molecule has 0 bridgehead atoms. The zero-order valence-electron chi connectivity index (χ0n) is 15.0. The van der Waals surface area contributed by atoms with Gasteiger partial charge in [-0.25, -0.2) is 4.98 Å². The van der Waals surface area contributed by atoms with Crippen LogP contribution in [-0.4, -0.2) is 16.0 Å². The van der Waals surface area contributed by atoms with Crippen LogP contribution >= 0.6 is 0 Å². The molecule has 1 aromatic heterocycles. The summed E-state index contributed by atoms with van der Waals surface area (Å²) in [5, 5.41) is 5.76. The molecular formula is C18H23F3N4. The molecule has 0 unspecified atom stereocenters. The number of rotatable bonds is 5. The Morgan fingerprint density at radius 1 is 1.00 bits per heavy atom. The number of halogens is 3. The standard InChI is InChI=1S/C18H23F3N4/c1-10(2)14-7-6-13(8-12(14)5)23-16-9-15(18(19,20)21)24-17(25-16)22-11(3)4/h6-11H,1-5H3,(H2,22,23,24,25). The highest BCUT2D eigenvalue weighted by molar-refractivity contribution is 5.59. The van der Waals surface area contributed by atoms with Gasteiger partial charge in [0.15, 0.2) is 5.69 Å². The van der Waals surface area contributed by atoms with E-state index in [2.05, 4.69) is 34.4 Å². The first-order valence-corrected chi connectivity index (χ1v) is 8.16. The van der Waals surface area contributed by atoms with Crippen molar-refractivity contribution in [3.05, 3.63) is 41.1 Å². The van der Waals surface area contributed by atoms with Gasteiger partial charge in [-0.3, -0.25) is 0 Å². The predicted octanol–water partition coefficient (Wildman–Crippen LogP) is 5.49. The van der Waals surface area contributed by atoms with Crippen LogP contribution in [-0.2, 0) is 6.18 Å². The number of nitrogens with zero attached hydrogens (tertiary/aromatic N) is 2. The Kier molecular flexibility index (Phi) is 5.55. The third-order valence-corrected chi connectivity index (χ3v) is 3.60. The maximum absolute atomic E-state index is 13.1. The maximum Gasteiger partial charge on any atom is 0.433 e. The first-order chi connectivity index (χ1) is 11.6. The zero-order valence-corrected chi connectivity index (χ0v) is 15.0. The normalized spacial score (nSPS) is 11.9. The highest BCUT2D eigenvalue weighted by atomic mass is 19.4. The topological polar surface area (TPSA) is 49.8 Å². The Labute approximate surface area is 145 Å². The van der Waals surface area contributed by atoms with Crippen LogP contribution in [0.15, 0.2) is 24.3 Å². The lowest BCUT2D eigenvalue weighted by molar-refractivity contribution is -0.141. The third-order valence-electron chi connectivity index (χ3n) is 3.60. The fourth-order valence-electron chi connectivity index (χ4n) is 2.53. The van der Waals surface area contributed by atoms with Crippen molar-refractivity contribution >= 4 is 17.5 Å². The first kappa shape index (κ1) is 19.0. The molecule has 0 fully saturated rings. The molecule has 1 aromatic carbocycles. The predicted molar refractivity (Wildman–Crippen MR) is 94.3 cm³/mol. The van der Waals surface area contributed by atoms with E-state index >= 15 is 0 Å². The largest absolute Gasteiger partial charge is 0.433 e. The monoisotopic (exact) mass is 352 g/mol. The van der Waals surface area contributed by atoms with Gasteiger partial charge in [0.25, 0.3) is 0 Å². The lowest BCUT2D eigenvalue weighted by Crippen LogP contribution is -2.17. The zero-order chi connectivity index (χ0) is 18.8. The van der Waals surface area contributed by atoms with Gasteiger partial charge < -0.3 is 10.6 Å². The fraction of sp³-hybridized carbons (Fsp3) is 0.444. The average molecular weight is 352 g/mol. The molecule has 4 nitrogen and oxygen atoms in total. The van der Waals surface area contributed by atoms with Crippen LogP contribution in [0.2, 0.25) is 0 Å². The van der Waals surface area contributed by atoms with Crippen LogP contribution < -0.4 is 10.6 Å². The van der Waals surface area contributed by atoms with Gasteiger partial charge in [0, 0.05) is 17.8 Å². The summed E-state index contributed by atoms with van der Waals surface area (Å²) in [5.41, 5.74) is 1.98. The number of aromatic nitrogens is 2. The van der Waals surface area contributed by atoms with E-state index in [4.69, 9.17) is 0 Å². The summed E-state index contributed by atoms with van der Waals surface area (Å²) in [4.78, 5) is 7.69. The molecule has 0 amide bonds. The third kappa shape index (κ3) is 5.08. The van der Waals surface area contributed by atoms with Crippen molar-refractivity contribution in [2.45, 2.75) is 52.8 Å². The van der Waals surface area contributed by atoms with Crippen molar-refractivity contribution in [1.29, 1.82) is 0 Å². The second-order valence-corrected chi connectivity index (χ2v) is 6.61. The van der Waals surface area contributed by atoms with E-state index in [1.807, 2.05) is 39.0 Å². The molecular weight excluding hydrogens is 329 g/mol. The van der Waals surface area contributed by atoms with E-state index in [9.17, 15) is 13.2 Å². The Hall–Kier alpha value is -2.31. The smallest absolute Gasteiger partial charge is 0.352 e. The van der Waals surface area contributed by atoms with E-state index in [1.165, 1.54) is 5.56 Å². The number of hydrogen-bond donors (Lipinski definition) is 2. The SMILES string of the molecule is Cc1cc(Nc2cc(C(F)(F)F)nc(NC(C)C)n2)ccc1C(C)C. The molecule has 2 N–H and O–H groups in total. The van der Waals surface area contributed by atoms with Gasteiger partial charge in [0.2, 0.25) is 5.95 Å². The van der Waals surface area contributed by atoms with Gasteiger partial charge in [-0.15, -0.1) is 0 Å². The Morgan fingerprint density at radius 3 is 2.20 bits per heavy atom. The molecule has 0 aliphatic heterocycles. The van der Waals surface area contributed by atoms with Crippen molar-refractivity contribution in [1.82, 2.24) is 9.97 Å².